The molecule has 0 aliphatic heterocycles. The molecule has 184 valence electrons. The predicted molar refractivity (Wildman–Crippen MR) is 142 cm³/mol. The van der Waals surface area contributed by atoms with Crippen LogP contribution >= 0.6 is 0 Å². The number of benzene rings is 2. The molecule has 0 aliphatic rings. The first-order chi connectivity index (χ1) is 17.8. The highest BCUT2D eigenvalue weighted by atomic mass is 16.2. The third-order valence-corrected chi connectivity index (χ3v) is 5.82. The molecule has 0 unspecified atom stereocenters. The van der Waals surface area contributed by atoms with Crippen LogP contribution in [0.2, 0.25) is 0 Å². The Kier molecular flexibility index (Phi) is 6.15. The van der Waals surface area contributed by atoms with Crippen molar-refractivity contribution in [1.29, 1.82) is 0 Å². The van der Waals surface area contributed by atoms with Crippen LogP contribution in [0.1, 0.15) is 48.6 Å². The van der Waals surface area contributed by atoms with Crippen molar-refractivity contribution in [3.05, 3.63) is 94.3 Å². The first kappa shape index (κ1) is 23.8. The van der Waals surface area contributed by atoms with Gasteiger partial charge in [-0.15, -0.1) is 5.10 Å². The third kappa shape index (κ3) is 4.41. The van der Waals surface area contributed by atoms with Gasteiger partial charge in [0.25, 0.3) is 11.5 Å². The molecule has 2 aromatic carbocycles. The highest BCUT2D eigenvalue weighted by Crippen LogP contribution is 2.22. The van der Waals surface area contributed by atoms with Crippen molar-refractivity contribution in [3.63, 3.8) is 0 Å². The van der Waals surface area contributed by atoms with Gasteiger partial charge in [-0.05, 0) is 37.3 Å². The third-order valence-electron chi connectivity index (χ3n) is 5.82. The van der Waals surface area contributed by atoms with E-state index in [0.29, 0.717) is 33.6 Å². The second-order valence-electron chi connectivity index (χ2n) is 8.91. The van der Waals surface area contributed by atoms with Crippen LogP contribution in [-0.4, -0.2) is 30.1 Å². The molecule has 1 amide bonds. The highest BCUT2D eigenvalue weighted by Gasteiger charge is 2.24. The molecule has 0 saturated carbocycles. The molecular weight excluding hydrogens is 466 g/mol. The largest absolute Gasteiger partial charge is 0.381 e. The lowest BCUT2D eigenvalue weighted by Gasteiger charge is -2.20. The van der Waals surface area contributed by atoms with Crippen molar-refractivity contribution in [1.82, 2.24) is 29.5 Å². The molecule has 0 saturated heterocycles. The minimum Gasteiger partial charge on any atom is -0.381 e. The van der Waals surface area contributed by atoms with Crippen LogP contribution in [0.15, 0.2) is 71.8 Å². The molecule has 3 aromatic heterocycles. The molecule has 9 nitrogen and oxygen atoms in total. The zero-order chi connectivity index (χ0) is 26.1. The number of hydrogen-bond acceptors (Lipinski definition) is 6. The number of nitrogens with one attached hydrogen (secondary N) is 1. The van der Waals surface area contributed by atoms with E-state index in [1.807, 2.05) is 56.3 Å². The van der Waals surface area contributed by atoms with Crippen LogP contribution in [0.25, 0.3) is 22.2 Å². The summed E-state index contributed by atoms with van der Waals surface area (Å²) in [5, 5.41) is 7.52. The minimum absolute atomic E-state index is 0.0590. The Bertz CT molecular complexity index is 1760. The second kappa shape index (κ2) is 9.59. The van der Waals surface area contributed by atoms with E-state index in [0.717, 1.165) is 0 Å². The summed E-state index contributed by atoms with van der Waals surface area (Å²) in [7, 11) is 0. The number of para-hydroxylation sites is 1. The first-order valence-electron chi connectivity index (χ1n) is 11.9. The second-order valence-corrected chi connectivity index (χ2v) is 8.91. The van der Waals surface area contributed by atoms with Gasteiger partial charge in [0.1, 0.15) is 11.4 Å². The molecule has 3 N–H and O–H groups in total. The number of carbonyl (C=O) groups excluding carboxylic acids is 1. The molecule has 37 heavy (non-hydrogen) atoms. The summed E-state index contributed by atoms with van der Waals surface area (Å²) in [6.45, 7) is 5.75. The van der Waals surface area contributed by atoms with Gasteiger partial charge in [-0.2, -0.15) is 0 Å². The Morgan fingerprint density at radius 2 is 1.84 bits per heavy atom. The van der Waals surface area contributed by atoms with Crippen molar-refractivity contribution in [2.45, 2.75) is 26.8 Å². The van der Waals surface area contributed by atoms with Gasteiger partial charge in [-0.1, -0.05) is 50.0 Å². The molecule has 0 fully saturated rings. The van der Waals surface area contributed by atoms with Gasteiger partial charge < -0.3 is 11.1 Å². The number of carbonyl (C=O) groups is 1. The maximum Gasteiger partial charge on any atom is 0.267 e. The molecule has 0 aliphatic carbocycles. The molecule has 3 heterocycles. The summed E-state index contributed by atoms with van der Waals surface area (Å²) >= 11 is 0. The Morgan fingerprint density at radius 3 is 2.59 bits per heavy atom. The Hall–Kier alpha value is -4.97. The number of hydrogen-bond donors (Lipinski definition) is 2. The van der Waals surface area contributed by atoms with Gasteiger partial charge in [-0.3, -0.25) is 14.2 Å². The topological polar surface area (TPSA) is 120 Å². The summed E-state index contributed by atoms with van der Waals surface area (Å²) in [4.78, 5) is 36.3. The van der Waals surface area contributed by atoms with Crippen LogP contribution in [-0.2, 0) is 0 Å². The summed E-state index contributed by atoms with van der Waals surface area (Å²) in [6.07, 6.45) is 3.23. The van der Waals surface area contributed by atoms with Gasteiger partial charge in [0.2, 0.25) is 0 Å². The fourth-order valence-electron chi connectivity index (χ4n) is 4.15. The van der Waals surface area contributed by atoms with Gasteiger partial charge in [0.05, 0.1) is 22.6 Å². The molecule has 9 heteroatoms. The molecule has 5 rings (SSSR count). The predicted octanol–water partition coefficient (Wildman–Crippen LogP) is 3.51. The maximum absolute atomic E-state index is 14.0. The van der Waals surface area contributed by atoms with Crippen LogP contribution in [0.3, 0.4) is 0 Å². The lowest BCUT2D eigenvalue weighted by molar-refractivity contribution is 0.0940. The maximum atomic E-state index is 14.0. The monoisotopic (exact) mass is 491 g/mol. The number of aromatic nitrogens is 5. The van der Waals surface area contributed by atoms with E-state index >= 15 is 0 Å². The lowest BCUT2D eigenvalue weighted by atomic mass is 10.1. The van der Waals surface area contributed by atoms with Crippen molar-refractivity contribution in [2.75, 3.05) is 5.73 Å². The summed E-state index contributed by atoms with van der Waals surface area (Å²) in [5.41, 5.74) is 8.01. The first-order valence-corrected chi connectivity index (χ1v) is 11.9. The van der Waals surface area contributed by atoms with Crippen molar-refractivity contribution in [2.24, 2.45) is 5.92 Å². The molecule has 0 bridgehead atoms. The molecule has 0 spiro atoms. The molecular formula is C28H25N7O2. The number of fused-ring (bicyclic) bond motifs is 2. The summed E-state index contributed by atoms with van der Waals surface area (Å²) < 4.78 is 2.97. The minimum atomic E-state index is -0.659. The zero-order valence-electron chi connectivity index (χ0n) is 20.6. The van der Waals surface area contributed by atoms with E-state index < -0.39 is 11.9 Å². The Morgan fingerprint density at radius 1 is 1.05 bits per heavy atom. The fraction of sp³-hybridized carbons (Fsp3) is 0.179. The van der Waals surface area contributed by atoms with Gasteiger partial charge in [0, 0.05) is 23.9 Å². The number of nitrogens with zero attached hydrogens (tertiary/aromatic N) is 5. The van der Waals surface area contributed by atoms with Crippen LogP contribution in [0.4, 0.5) is 5.82 Å². The standard InChI is InChI=1S/C28H25N7O2/c1-17(2)13-14-19-9-7-12-21-22(19)28(37)35(20-10-5-4-6-11-20)25(32-21)18(3)31-27(36)23-24(29)33-34-16-8-15-30-26(23)34/h4-12,15-18H,1-3H3,(H2,29,33)(H,31,36)/t18-/m1/s1. The zero-order valence-corrected chi connectivity index (χ0v) is 20.6. The molecule has 1 atom stereocenters. The summed E-state index contributed by atoms with van der Waals surface area (Å²) in [6, 6.07) is 15.7. The van der Waals surface area contributed by atoms with Crippen molar-refractivity contribution < 1.29 is 4.79 Å². The quantitative estimate of drug-likeness (QED) is 0.371. The average Bonchev–Trinajstić information content (AvgIpc) is 3.23. The fourth-order valence-corrected chi connectivity index (χ4v) is 4.15. The summed E-state index contributed by atoms with van der Waals surface area (Å²) in [5.74, 6) is 6.37. The number of amides is 1. The number of rotatable bonds is 4. The van der Waals surface area contributed by atoms with E-state index in [2.05, 4.69) is 27.2 Å². The number of anilines is 1. The van der Waals surface area contributed by atoms with E-state index in [4.69, 9.17) is 10.7 Å². The smallest absolute Gasteiger partial charge is 0.267 e. The van der Waals surface area contributed by atoms with Crippen LogP contribution in [0.5, 0.6) is 0 Å². The Labute approximate surface area is 213 Å². The molecule has 5 aromatic rings. The molecule has 0 radical (unpaired) electrons. The lowest BCUT2D eigenvalue weighted by Crippen LogP contribution is -2.33. The van der Waals surface area contributed by atoms with Crippen molar-refractivity contribution in [3.8, 4) is 17.5 Å². The van der Waals surface area contributed by atoms with Gasteiger partial charge in [0.15, 0.2) is 11.5 Å². The van der Waals surface area contributed by atoms with Gasteiger partial charge in [-0.25, -0.2) is 14.5 Å². The van der Waals surface area contributed by atoms with Crippen LogP contribution < -0.4 is 16.6 Å². The van der Waals surface area contributed by atoms with Crippen molar-refractivity contribution >= 4 is 28.3 Å². The van der Waals surface area contributed by atoms with E-state index in [1.165, 1.54) is 9.08 Å². The van der Waals surface area contributed by atoms with E-state index in [1.54, 1.807) is 31.5 Å². The number of nitrogen functional groups attached to an aromatic ring is 1. The van der Waals surface area contributed by atoms with E-state index in [9.17, 15) is 9.59 Å². The van der Waals surface area contributed by atoms with Gasteiger partial charge >= 0.3 is 0 Å². The average molecular weight is 492 g/mol. The normalized spacial score (nSPS) is 11.9. The highest BCUT2D eigenvalue weighted by molar-refractivity contribution is 6.04. The Balaban J connectivity index is 1.66. The SMILES string of the molecule is CC(C)C#Cc1cccc2nc([C@@H](C)NC(=O)c3c(N)nn4cccnc34)n(-c3ccccc3)c(=O)c12. The van der Waals surface area contributed by atoms with E-state index in [-0.39, 0.29) is 22.9 Å². The number of nitrogens with two attached hydrogens (primary N) is 1. The van der Waals surface area contributed by atoms with Crippen LogP contribution in [0, 0.1) is 17.8 Å².